The van der Waals surface area contributed by atoms with Gasteiger partial charge in [0, 0.05) is 4.83 Å². The average Bonchev–Trinajstić information content (AvgIpc) is 2.28. The van der Waals surface area contributed by atoms with Gasteiger partial charge in [0.05, 0.1) is 6.61 Å². The molecule has 0 bridgehead atoms. The molecule has 0 saturated heterocycles. The van der Waals surface area contributed by atoms with Gasteiger partial charge in [-0.2, -0.15) is 0 Å². The molecule has 16 heavy (non-hydrogen) atoms. The average molecular weight is 285 g/mol. The minimum Gasteiger partial charge on any atom is -0.494 e. The number of alkyl halides is 1. The summed E-state index contributed by atoms with van der Waals surface area (Å²) in [6.07, 6.45) is 0. The zero-order valence-corrected chi connectivity index (χ0v) is 12.1. The summed E-state index contributed by atoms with van der Waals surface area (Å²) in [6.45, 7) is 9.47. The van der Waals surface area contributed by atoms with Crippen LogP contribution >= 0.6 is 15.9 Å². The van der Waals surface area contributed by atoms with Gasteiger partial charge in [-0.15, -0.1) is 0 Å². The number of rotatable bonds is 5. The van der Waals surface area contributed by atoms with Gasteiger partial charge in [0.2, 0.25) is 0 Å². The topological polar surface area (TPSA) is 9.23 Å². The Kier molecular flexibility index (Phi) is 5.33. The van der Waals surface area contributed by atoms with E-state index < -0.39 is 0 Å². The maximum Gasteiger partial charge on any atom is 0.119 e. The Morgan fingerprint density at radius 2 is 1.69 bits per heavy atom. The smallest absolute Gasteiger partial charge is 0.119 e. The van der Waals surface area contributed by atoms with Crippen LogP contribution in [-0.2, 0) is 0 Å². The second kappa shape index (κ2) is 6.29. The van der Waals surface area contributed by atoms with E-state index in [0.717, 1.165) is 12.4 Å². The van der Waals surface area contributed by atoms with Crippen LogP contribution in [0.4, 0.5) is 0 Å². The van der Waals surface area contributed by atoms with Gasteiger partial charge < -0.3 is 4.74 Å². The van der Waals surface area contributed by atoms with Crippen molar-refractivity contribution in [2.45, 2.75) is 38.4 Å². The molecule has 1 nitrogen and oxygen atoms in total. The lowest BCUT2D eigenvalue weighted by Crippen LogP contribution is -2.15. The minimum absolute atomic E-state index is 0.519. The third kappa shape index (κ3) is 3.51. The Bertz CT molecular complexity index is 305. The van der Waals surface area contributed by atoms with Gasteiger partial charge in [-0.3, -0.25) is 0 Å². The van der Waals surface area contributed by atoms with E-state index in [-0.39, 0.29) is 0 Å². The molecule has 0 aliphatic rings. The summed E-state index contributed by atoms with van der Waals surface area (Å²) in [4.78, 5) is 0.519. The van der Waals surface area contributed by atoms with Crippen molar-refractivity contribution in [1.82, 2.24) is 0 Å². The zero-order chi connectivity index (χ0) is 12.1. The molecule has 0 fully saturated rings. The van der Waals surface area contributed by atoms with E-state index in [1.165, 1.54) is 5.56 Å². The number of benzene rings is 1. The van der Waals surface area contributed by atoms with Crippen molar-refractivity contribution < 1.29 is 4.74 Å². The predicted molar refractivity (Wildman–Crippen MR) is 73.6 cm³/mol. The van der Waals surface area contributed by atoms with Crippen molar-refractivity contribution in [3.8, 4) is 5.75 Å². The summed E-state index contributed by atoms with van der Waals surface area (Å²) in [6, 6.07) is 8.42. The highest BCUT2D eigenvalue weighted by atomic mass is 79.9. The van der Waals surface area contributed by atoms with Crippen LogP contribution in [-0.4, -0.2) is 11.4 Å². The molecule has 0 saturated carbocycles. The second-order valence-corrected chi connectivity index (χ2v) is 5.54. The molecule has 0 heterocycles. The second-order valence-electron chi connectivity index (χ2n) is 4.48. The molecule has 0 radical (unpaired) electrons. The van der Waals surface area contributed by atoms with Gasteiger partial charge in [0.1, 0.15) is 5.75 Å². The normalized spacial score (nSPS) is 14.9. The minimum atomic E-state index is 0.519. The van der Waals surface area contributed by atoms with Crippen LogP contribution in [0.2, 0.25) is 0 Å². The molecule has 0 aliphatic carbocycles. The highest BCUT2D eigenvalue weighted by Gasteiger charge is 2.18. The van der Waals surface area contributed by atoms with Crippen LogP contribution in [0.1, 0.15) is 39.2 Å². The fourth-order valence-electron chi connectivity index (χ4n) is 1.80. The molecule has 0 amide bonds. The molecule has 2 unspecified atom stereocenters. The number of ether oxygens (including phenoxy) is 1. The quantitative estimate of drug-likeness (QED) is 0.718. The molecule has 0 aromatic heterocycles. The first-order chi connectivity index (χ1) is 7.56. The predicted octanol–water partition coefficient (Wildman–Crippen LogP) is 4.61. The van der Waals surface area contributed by atoms with Gasteiger partial charge in [0.15, 0.2) is 0 Å². The number of hydrogen-bond acceptors (Lipinski definition) is 1. The molecule has 0 spiro atoms. The SMILES string of the molecule is CCOc1ccc(C(C)C(Br)C(C)C)cc1. The van der Waals surface area contributed by atoms with E-state index in [1.54, 1.807) is 0 Å². The van der Waals surface area contributed by atoms with E-state index in [0.29, 0.717) is 16.7 Å². The van der Waals surface area contributed by atoms with Crippen molar-refractivity contribution in [1.29, 1.82) is 0 Å². The first kappa shape index (κ1) is 13.6. The number of hydrogen-bond donors (Lipinski definition) is 0. The first-order valence-corrected chi connectivity index (χ1v) is 6.84. The largest absolute Gasteiger partial charge is 0.494 e. The molecule has 0 N–H and O–H groups in total. The molecular weight excluding hydrogens is 264 g/mol. The van der Waals surface area contributed by atoms with Crippen molar-refractivity contribution in [2.24, 2.45) is 5.92 Å². The van der Waals surface area contributed by atoms with Gasteiger partial charge >= 0.3 is 0 Å². The van der Waals surface area contributed by atoms with Crippen molar-refractivity contribution >= 4 is 15.9 Å². The van der Waals surface area contributed by atoms with Crippen molar-refractivity contribution in [3.05, 3.63) is 29.8 Å². The van der Waals surface area contributed by atoms with E-state index in [1.807, 2.05) is 6.92 Å². The van der Waals surface area contributed by atoms with Crippen LogP contribution in [0, 0.1) is 5.92 Å². The van der Waals surface area contributed by atoms with Gasteiger partial charge in [-0.1, -0.05) is 48.8 Å². The highest BCUT2D eigenvalue weighted by molar-refractivity contribution is 9.09. The van der Waals surface area contributed by atoms with E-state index in [2.05, 4.69) is 61.0 Å². The van der Waals surface area contributed by atoms with E-state index in [9.17, 15) is 0 Å². The van der Waals surface area contributed by atoms with Gasteiger partial charge in [-0.25, -0.2) is 0 Å². The monoisotopic (exact) mass is 284 g/mol. The van der Waals surface area contributed by atoms with Gasteiger partial charge in [0.25, 0.3) is 0 Å². The third-order valence-corrected chi connectivity index (χ3v) is 4.68. The maximum atomic E-state index is 5.44. The summed E-state index contributed by atoms with van der Waals surface area (Å²) in [7, 11) is 0. The fraction of sp³-hybridized carbons (Fsp3) is 0.571. The van der Waals surface area contributed by atoms with Crippen LogP contribution in [0.5, 0.6) is 5.75 Å². The molecule has 1 rings (SSSR count). The maximum absolute atomic E-state index is 5.44. The Hall–Kier alpha value is -0.500. The van der Waals surface area contributed by atoms with Gasteiger partial charge in [-0.05, 0) is 36.5 Å². The first-order valence-electron chi connectivity index (χ1n) is 5.93. The summed E-state index contributed by atoms with van der Waals surface area (Å²) < 4.78 is 5.44. The molecule has 2 heteroatoms. The molecule has 2 atom stereocenters. The standard InChI is InChI=1S/C14H21BrO/c1-5-16-13-8-6-12(7-9-13)11(4)14(15)10(2)3/h6-11,14H,5H2,1-4H3. The summed E-state index contributed by atoms with van der Waals surface area (Å²) >= 11 is 3.76. The lowest BCUT2D eigenvalue weighted by Gasteiger charge is -2.22. The zero-order valence-electron chi connectivity index (χ0n) is 10.5. The lowest BCUT2D eigenvalue weighted by atomic mass is 9.92. The molecule has 0 aliphatic heterocycles. The number of halogens is 1. The molecule has 90 valence electrons. The summed E-state index contributed by atoms with van der Waals surface area (Å²) in [5, 5.41) is 0. The Labute approximate surface area is 107 Å². The molecule has 1 aromatic carbocycles. The summed E-state index contributed by atoms with van der Waals surface area (Å²) in [5.41, 5.74) is 1.36. The Morgan fingerprint density at radius 3 is 2.12 bits per heavy atom. The Morgan fingerprint density at radius 1 is 1.12 bits per heavy atom. The van der Waals surface area contributed by atoms with E-state index >= 15 is 0 Å². The van der Waals surface area contributed by atoms with Crippen molar-refractivity contribution in [3.63, 3.8) is 0 Å². The van der Waals surface area contributed by atoms with Crippen molar-refractivity contribution in [2.75, 3.05) is 6.61 Å². The molecule has 1 aromatic rings. The van der Waals surface area contributed by atoms with Crippen LogP contribution < -0.4 is 4.74 Å². The van der Waals surface area contributed by atoms with Crippen LogP contribution in [0.25, 0.3) is 0 Å². The van der Waals surface area contributed by atoms with Crippen LogP contribution in [0.15, 0.2) is 24.3 Å². The Balaban J connectivity index is 2.73. The highest BCUT2D eigenvalue weighted by Crippen LogP contribution is 2.30. The third-order valence-electron chi connectivity index (χ3n) is 2.83. The van der Waals surface area contributed by atoms with Crippen LogP contribution in [0.3, 0.4) is 0 Å². The molecular formula is C14H21BrO. The fourth-order valence-corrected chi connectivity index (χ4v) is 2.10. The summed E-state index contributed by atoms with van der Waals surface area (Å²) in [5.74, 6) is 2.12. The lowest BCUT2D eigenvalue weighted by molar-refractivity contribution is 0.340. The van der Waals surface area contributed by atoms with E-state index in [4.69, 9.17) is 4.74 Å².